The van der Waals surface area contributed by atoms with E-state index in [0.29, 0.717) is 23.0 Å². The van der Waals surface area contributed by atoms with Crippen LogP contribution in [0.2, 0.25) is 0 Å². The lowest BCUT2D eigenvalue weighted by Crippen LogP contribution is -2.37. The molecule has 3 unspecified atom stereocenters. The maximum absolute atomic E-state index is 13.0. The number of nitrogens with zero attached hydrogens (tertiary/aromatic N) is 1. The van der Waals surface area contributed by atoms with Gasteiger partial charge in [0, 0.05) is 16.8 Å². The number of carbonyl (C=O) groups is 1. The average molecular weight is 392 g/mol. The summed E-state index contributed by atoms with van der Waals surface area (Å²) in [6, 6.07) is 5.17. The van der Waals surface area contributed by atoms with E-state index in [2.05, 4.69) is 22.5 Å². The zero-order valence-corrected chi connectivity index (χ0v) is 16.5. The first-order chi connectivity index (χ1) is 13.0. The Hall–Kier alpha value is -1.99. The molecular weight excluding hydrogens is 365 g/mol. The molecule has 0 saturated carbocycles. The molecule has 5 nitrogen and oxygen atoms in total. The highest BCUT2D eigenvalue weighted by molar-refractivity contribution is 7.15. The fraction of sp³-hybridized carbons (Fsp3) is 0.500. The molecule has 0 saturated heterocycles. The molecule has 2 aromatic rings. The van der Waals surface area contributed by atoms with E-state index in [0.717, 1.165) is 25.0 Å². The quantitative estimate of drug-likeness (QED) is 0.665. The zero-order valence-electron chi connectivity index (χ0n) is 15.7. The first-order valence-corrected chi connectivity index (χ1v) is 10.3. The number of aromatic nitrogens is 1. The Morgan fingerprint density at radius 2 is 2.15 bits per heavy atom. The fourth-order valence-electron chi connectivity index (χ4n) is 3.53. The van der Waals surface area contributed by atoms with Gasteiger partial charge in [0.1, 0.15) is 5.82 Å². The SMILES string of the molecule is CCC1CCCc2sc(NC(=O)NC(C)CC(O)c3ccc(F)cc3)nc21. The van der Waals surface area contributed by atoms with E-state index < -0.39 is 6.10 Å². The predicted molar refractivity (Wildman–Crippen MR) is 106 cm³/mol. The van der Waals surface area contributed by atoms with Crippen molar-refractivity contribution in [2.24, 2.45) is 0 Å². The summed E-state index contributed by atoms with van der Waals surface area (Å²) in [5.74, 6) is 0.154. The summed E-state index contributed by atoms with van der Waals surface area (Å²) in [6.07, 6.45) is 4.02. The van der Waals surface area contributed by atoms with Gasteiger partial charge in [-0.3, -0.25) is 5.32 Å². The van der Waals surface area contributed by atoms with Crippen molar-refractivity contribution in [3.05, 3.63) is 46.2 Å². The molecule has 7 heteroatoms. The number of anilines is 1. The van der Waals surface area contributed by atoms with Gasteiger partial charge < -0.3 is 10.4 Å². The summed E-state index contributed by atoms with van der Waals surface area (Å²) in [6.45, 7) is 4.00. The highest BCUT2D eigenvalue weighted by atomic mass is 32.1. The molecule has 1 aliphatic rings. The molecule has 0 spiro atoms. The smallest absolute Gasteiger partial charge is 0.321 e. The minimum absolute atomic E-state index is 0.247. The molecule has 0 aliphatic heterocycles. The predicted octanol–water partition coefficient (Wildman–Crippen LogP) is 4.75. The fourth-order valence-corrected chi connectivity index (χ4v) is 4.61. The second kappa shape index (κ2) is 8.80. The standard InChI is InChI=1S/C20H26FN3O2S/c1-3-13-5-4-6-17-18(13)23-20(27-17)24-19(26)22-12(2)11-16(25)14-7-9-15(21)10-8-14/h7-10,12-13,16,25H,3-6,11H2,1-2H3,(H2,22,23,24,26). The van der Waals surface area contributed by atoms with Crippen molar-refractivity contribution in [3.8, 4) is 0 Å². The number of fused-ring (bicyclic) bond motifs is 1. The van der Waals surface area contributed by atoms with E-state index >= 15 is 0 Å². The number of carbonyl (C=O) groups excluding carboxylic acids is 1. The van der Waals surface area contributed by atoms with E-state index in [9.17, 15) is 14.3 Å². The molecule has 0 bridgehead atoms. The van der Waals surface area contributed by atoms with Crippen LogP contribution in [-0.4, -0.2) is 22.2 Å². The van der Waals surface area contributed by atoms with Crippen LogP contribution in [0.5, 0.6) is 0 Å². The molecular formula is C20H26FN3O2S. The Labute approximate surface area is 163 Å². The molecule has 3 rings (SSSR count). The van der Waals surface area contributed by atoms with Gasteiger partial charge in [-0.15, -0.1) is 11.3 Å². The van der Waals surface area contributed by atoms with Gasteiger partial charge in [-0.25, -0.2) is 14.2 Å². The van der Waals surface area contributed by atoms with Crippen molar-refractivity contribution >= 4 is 22.5 Å². The molecule has 1 aromatic heterocycles. The number of aryl methyl sites for hydroxylation is 1. The molecule has 1 heterocycles. The molecule has 146 valence electrons. The van der Waals surface area contributed by atoms with Crippen LogP contribution in [0.4, 0.5) is 14.3 Å². The van der Waals surface area contributed by atoms with Crippen molar-refractivity contribution in [2.45, 2.75) is 64.0 Å². The summed E-state index contributed by atoms with van der Waals surface area (Å²) in [5, 5.41) is 16.5. The number of aliphatic hydroxyl groups excluding tert-OH is 1. The Morgan fingerprint density at radius 3 is 2.85 bits per heavy atom. The van der Waals surface area contributed by atoms with Gasteiger partial charge in [0.05, 0.1) is 11.8 Å². The summed E-state index contributed by atoms with van der Waals surface area (Å²) >= 11 is 1.55. The van der Waals surface area contributed by atoms with Crippen LogP contribution in [0.1, 0.15) is 67.7 Å². The average Bonchev–Trinajstić information content (AvgIpc) is 3.03. The molecule has 27 heavy (non-hydrogen) atoms. The molecule has 0 radical (unpaired) electrons. The molecule has 1 aromatic carbocycles. The minimum atomic E-state index is -0.765. The lowest BCUT2D eigenvalue weighted by molar-refractivity contribution is 0.155. The number of nitrogens with one attached hydrogen (secondary N) is 2. The van der Waals surface area contributed by atoms with Crippen molar-refractivity contribution in [1.29, 1.82) is 0 Å². The van der Waals surface area contributed by atoms with Crippen molar-refractivity contribution in [3.63, 3.8) is 0 Å². The lowest BCUT2D eigenvalue weighted by Gasteiger charge is -2.18. The number of halogens is 1. The maximum Gasteiger partial charge on any atom is 0.321 e. The van der Waals surface area contributed by atoms with Gasteiger partial charge in [-0.1, -0.05) is 19.1 Å². The van der Waals surface area contributed by atoms with Crippen LogP contribution < -0.4 is 10.6 Å². The summed E-state index contributed by atoms with van der Waals surface area (Å²) in [7, 11) is 0. The van der Waals surface area contributed by atoms with Gasteiger partial charge in [0.25, 0.3) is 0 Å². The van der Waals surface area contributed by atoms with E-state index in [-0.39, 0.29) is 17.9 Å². The lowest BCUT2D eigenvalue weighted by atomic mass is 9.89. The topological polar surface area (TPSA) is 74.2 Å². The molecule has 1 aliphatic carbocycles. The summed E-state index contributed by atoms with van der Waals surface area (Å²) in [4.78, 5) is 18.2. The van der Waals surface area contributed by atoms with Crippen molar-refractivity contribution < 1.29 is 14.3 Å². The van der Waals surface area contributed by atoms with Gasteiger partial charge in [0.2, 0.25) is 0 Å². The van der Waals surface area contributed by atoms with E-state index in [1.54, 1.807) is 23.5 Å². The molecule has 3 atom stereocenters. The second-order valence-corrected chi connectivity index (χ2v) is 8.21. The van der Waals surface area contributed by atoms with Crippen molar-refractivity contribution in [1.82, 2.24) is 10.3 Å². The minimum Gasteiger partial charge on any atom is -0.388 e. The highest BCUT2D eigenvalue weighted by Gasteiger charge is 2.24. The number of benzene rings is 1. The Morgan fingerprint density at radius 1 is 1.41 bits per heavy atom. The van der Waals surface area contributed by atoms with Crippen LogP contribution in [0.25, 0.3) is 0 Å². The first kappa shape index (κ1) is 19.8. The number of aliphatic hydroxyl groups is 1. The largest absolute Gasteiger partial charge is 0.388 e. The number of thiazole rings is 1. The highest BCUT2D eigenvalue weighted by Crippen LogP contribution is 2.38. The third-order valence-corrected chi connectivity index (χ3v) is 6.04. The number of amides is 2. The van der Waals surface area contributed by atoms with E-state index in [1.807, 2.05) is 6.92 Å². The zero-order chi connectivity index (χ0) is 19.4. The van der Waals surface area contributed by atoms with Gasteiger partial charge in [-0.05, 0) is 56.7 Å². The van der Waals surface area contributed by atoms with Crippen LogP contribution >= 0.6 is 11.3 Å². The first-order valence-electron chi connectivity index (χ1n) is 9.47. The maximum atomic E-state index is 13.0. The molecule has 2 amide bonds. The van der Waals surface area contributed by atoms with E-state index in [4.69, 9.17) is 0 Å². The van der Waals surface area contributed by atoms with Gasteiger partial charge in [-0.2, -0.15) is 0 Å². The second-order valence-electron chi connectivity index (χ2n) is 7.13. The Balaban J connectivity index is 1.53. The number of urea groups is 1. The normalized spacial score (nSPS) is 18.4. The van der Waals surface area contributed by atoms with Gasteiger partial charge >= 0.3 is 6.03 Å². The monoisotopic (exact) mass is 391 g/mol. The number of rotatable bonds is 6. The van der Waals surface area contributed by atoms with Crippen molar-refractivity contribution in [2.75, 3.05) is 5.32 Å². The van der Waals surface area contributed by atoms with Crippen LogP contribution in [0.15, 0.2) is 24.3 Å². The van der Waals surface area contributed by atoms with Gasteiger partial charge in [0.15, 0.2) is 5.13 Å². The summed E-state index contributed by atoms with van der Waals surface area (Å²) in [5.41, 5.74) is 1.77. The number of hydrogen-bond donors (Lipinski definition) is 3. The molecule has 3 N–H and O–H groups in total. The number of hydrogen-bond acceptors (Lipinski definition) is 4. The van der Waals surface area contributed by atoms with E-state index in [1.165, 1.54) is 23.4 Å². The third-order valence-electron chi connectivity index (χ3n) is 4.99. The Bertz CT molecular complexity index is 778. The summed E-state index contributed by atoms with van der Waals surface area (Å²) < 4.78 is 13.0. The van der Waals surface area contributed by atoms with Crippen LogP contribution in [-0.2, 0) is 6.42 Å². The van der Waals surface area contributed by atoms with Crippen LogP contribution in [0.3, 0.4) is 0 Å². The van der Waals surface area contributed by atoms with Crippen LogP contribution in [0, 0.1) is 5.82 Å². The third kappa shape index (κ3) is 5.05. The Kier molecular flexibility index (Phi) is 6.44. The molecule has 0 fully saturated rings.